The summed E-state index contributed by atoms with van der Waals surface area (Å²) in [5.74, 6) is -0.226. The van der Waals surface area contributed by atoms with Crippen LogP contribution in [0.15, 0.2) is 23.0 Å². The molecule has 1 aromatic carbocycles. The van der Waals surface area contributed by atoms with Crippen LogP contribution in [0.1, 0.15) is 35.4 Å². The molecular weight excluding hydrogens is 254 g/mol. The standard InChI is InChI=1S/C15H13N3O2/c16-7-8-1-4-12-10(5-8)14(9-2-3-9)11(6-13(17)19)15(20)18-12/h1,4-5,9H,2-3,6H2,(H2,17,19)(H,18,20). The van der Waals surface area contributed by atoms with Crippen LogP contribution in [0.4, 0.5) is 0 Å². The summed E-state index contributed by atoms with van der Waals surface area (Å²) in [6.45, 7) is 0. The molecule has 2 aromatic rings. The molecular formula is C15H13N3O2. The molecule has 0 unspecified atom stereocenters. The Morgan fingerprint density at radius 2 is 2.20 bits per heavy atom. The zero-order valence-corrected chi connectivity index (χ0v) is 10.8. The summed E-state index contributed by atoms with van der Waals surface area (Å²) in [5.41, 5.74) is 7.55. The molecule has 0 spiro atoms. The van der Waals surface area contributed by atoms with Crippen LogP contribution < -0.4 is 11.3 Å². The van der Waals surface area contributed by atoms with Gasteiger partial charge in [-0.15, -0.1) is 0 Å². The number of amides is 1. The molecule has 5 heteroatoms. The van der Waals surface area contributed by atoms with Crippen LogP contribution in [0.5, 0.6) is 0 Å². The number of hydrogen-bond acceptors (Lipinski definition) is 3. The number of nitriles is 1. The van der Waals surface area contributed by atoms with E-state index >= 15 is 0 Å². The van der Waals surface area contributed by atoms with E-state index in [0.717, 1.165) is 23.8 Å². The average Bonchev–Trinajstić information content (AvgIpc) is 3.23. The van der Waals surface area contributed by atoms with Gasteiger partial charge in [-0.1, -0.05) is 0 Å². The van der Waals surface area contributed by atoms with Crippen molar-refractivity contribution >= 4 is 16.8 Å². The molecule has 3 rings (SSSR count). The molecule has 0 radical (unpaired) electrons. The topological polar surface area (TPSA) is 99.7 Å². The molecule has 0 atom stereocenters. The maximum atomic E-state index is 12.1. The lowest BCUT2D eigenvalue weighted by Crippen LogP contribution is -2.23. The third-order valence-electron chi connectivity index (χ3n) is 3.62. The highest BCUT2D eigenvalue weighted by atomic mass is 16.1. The van der Waals surface area contributed by atoms with Crippen molar-refractivity contribution in [3.63, 3.8) is 0 Å². The van der Waals surface area contributed by atoms with Crippen LogP contribution >= 0.6 is 0 Å². The number of nitrogens with two attached hydrogens (primary N) is 1. The van der Waals surface area contributed by atoms with Gasteiger partial charge in [0.1, 0.15) is 0 Å². The van der Waals surface area contributed by atoms with E-state index in [0.29, 0.717) is 22.6 Å². The summed E-state index contributed by atoms with van der Waals surface area (Å²) in [6.07, 6.45) is 1.94. The number of fused-ring (bicyclic) bond motifs is 1. The fourth-order valence-corrected chi connectivity index (χ4v) is 2.62. The average molecular weight is 267 g/mol. The van der Waals surface area contributed by atoms with Gasteiger partial charge >= 0.3 is 0 Å². The first kappa shape index (κ1) is 12.4. The Morgan fingerprint density at radius 1 is 1.45 bits per heavy atom. The predicted molar refractivity (Wildman–Crippen MR) is 74.2 cm³/mol. The molecule has 1 amide bonds. The van der Waals surface area contributed by atoms with Gasteiger partial charge in [-0.25, -0.2) is 0 Å². The molecule has 1 aromatic heterocycles. The third-order valence-corrected chi connectivity index (χ3v) is 3.62. The highest BCUT2D eigenvalue weighted by Gasteiger charge is 2.30. The number of benzene rings is 1. The van der Waals surface area contributed by atoms with Crippen LogP contribution in [0.25, 0.3) is 10.9 Å². The number of carbonyl (C=O) groups is 1. The summed E-state index contributed by atoms with van der Waals surface area (Å²) in [4.78, 5) is 26.1. The summed E-state index contributed by atoms with van der Waals surface area (Å²) < 4.78 is 0. The summed E-state index contributed by atoms with van der Waals surface area (Å²) in [7, 11) is 0. The van der Waals surface area contributed by atoms with Gasteiger partial charge in [-0.05, 0) is 42.5 Å². The minimum absolute atomic E-state index is 0.0616. The normalized spacial score (nSPS) is 14.2. The lowest BCUT2D eigenvalue weighted by Gasteiger charge is -2.11. The molecule has 1 aliphatic carbocycles. The molecule has 1 heterocycles. The molecule has 100 valence electrons. The van der Waals surface area contributed by atoms with Crippen molar-refractivity contribution in [2.45, 2.75) is 25.2 Å². The fourth-order valence-electron chi connectivity index (χ4n) is 2.62. The van der Waals surface area contributed by atoms with Crippen LogP contribution in [-0.2, 0) is 11.2 Å². The lowest BCUT2D eigenvalue weighted by atomic mass is 9.96. The summed E-state index contributed by atoms with van der Waals surface area (Å²) >= 11 is 0. The van der Waals surface area contributed by atoms with E-state index in [-0.39, 0.29) is 12.0 Å². The summed E-state index contributed by atoms with van der Waals surface area (Å²) in [6, 6.07) is 7.26. The van der Waals surface area contributed by atoms with Crippen molar-refractivity contribution in [2.24, 2.45) is 5.73 Å². The van der Waals surface area contributed by atoms with Crippen molar-refractivity contribution in [1.82, 2.24) is 4.98 Å². The van der Waals surface area contributed by atoms with Gasteiger partial charge in [0, 0.05) is 16.5 Å². The second kappa shape index (κ2) is 4.49. The van der Waals surface area contributed by atoms with E-state index in [1.165, 1.54) is 0 Å². The Balaban J connectivity index is 2.35. The zero-order chi connectivity index (χ0) is 14.3. The Kier molecular flexibility index (Phi) is 2.79. The third kappa shape index (κ3) is 2.05. The number of nitrogens with one attached hydrogen (secondary N) is 1. The molecule has 1 fully saturated rings. The van der Waals surface area contributed by atoms with Gasteiger partial charge in [-0.3, -0.25) is 9.59 Å². The van der Waals surface area contributed by atoms with E-state index in [2.05, 4.69) is 11.1 Å². The minimum Gasteiger partial charge on any atom is -0.369 e. The summed E-state index contributed by atoms with van der Waals surface area (Å²) in [5, 5.41) is 9.86. The monoisotopic (exact) mass is 267 g/mol. The van der Waals surface area contributed by atoms with Crippen LogP contribution in [0.3, 0.4) is 0 Å². The van der Waals surface area contributed by atoms with Gasteiger partial charge in [0.15, 0.2) is 0 Å². The van der Waals surface area contributed by atoms with Gasteiger partial charge in [0.25, 0.3) is 5.56 Å². The SMILES string of the molecule is N#Cc1ccc2[nH]c(=O)c(CC(N)=O)c(C3CC3)c2c1. The smallest absolute Gasteiger partial charge is 0.252 e. The maximum absolute atomic E-state index is 12.1. The van der Waals surface area contributed by atoms with E-state index in [9.17, 15) is 9.59 Å². The van der Waals surface area contributed by atoms with Crippen LogP contribution in [-0.4, -0.2) is 10.9 Å². The fraction of sp³-hybridized carbons (Fsp3) is 0.267. The zero-order valence-electron chi connectivity index (χ0n) is 10.8. The lowest BCUT2D eigenvalue weighted by molar-refractivity contribution is -0.117. The molecule has 0 saturated heterocycles. The Bertz CT molecular complexity index is 810. The van der Waals surface area contributed by atoms with E-state index in [1.54, 1.807) is 18.2 Å². The number of hydrogen-bond donors (Lipinski definition) is 2. The Morgan fingerprint density at radius 3 is 2.80 bits per heavy atom. The number of rotatable bonds is 3. The van der Waals surface area contributed by atoms with Crippen LogP contribution in [0, 0.1) is 11.3 Å². The van der Waals surface area contributed by atoms with E-state index in [4.69, 9.17) is 11.0 Å². The highest BCUT2D eigenvalue weighted by Crippen LogP contribution is 2.44. The number of nitrogens with zero attached hydrogens (tertiary/aromatic N) is 1. The number of aromatic amines is 1. The maximum Gasteiger partial charge on any atom is 0.252 e. The molecule has 20 heavy (non-hydrogen) atoms. The Labute approximate surface area is 115 Å². The number of carbonyl (C=O) groups excluding carboxylic acids is 1. The highest BCUT2D eigenvalue weighted by molar-refractivity contribution is 5.87. The number of aromatic nitrogens is 1. The van der Waals surface area contributed by atoms with Gasteiger partial charge in [0.05, 0.1) is 18.1 Å². The van der Waals surface area contributed by atoms with Gasteiger partial charge in [-0.2, -0.15) is 5.26 Å². The van der Waals surface area contributed by atoms with Gasteiger partial charge in [0.2, 0.25) is 5.91 Å². The Hall–Kier alpha value is -2.61. The van der Waals surface area contributed by atoms with Crippen molar-refractivity contribution in [2.75, 3.05) is 0 Å². The largest absolute Gasteiger partial charge is 0.369 e. The van der Waals surface area contributed by atoms with Gasteiger partial charge < -0.3 is 10.7 Å². The number of primary amides is 1. The second-order valence-corrected chi connectivity index (χ2v) is 5.14. The van der Waals surface area contributed by atoms with E-state index < -0.39 is 5.91 Å². The number of H-pyrrole nitrogens is 1. The van der Waals surface area contributed by atoms with Crippen molar-refractivity contribution in [1.29, 1.82) is 5.26 Å². The minimum atomic E-state index is -0.520. The molecule has 5 nitrogen and oxygen atoms in total. The first-order valence-electron chi connectivity index (χ1n) is 6.47. The number of pyridine rings is 1. The quantitative estimate of drug-likeness (QED) is 0.876. The first-order chi connectivity index (χ1) is 9.60. The van der Waals surface area contributed by atoms with E-state index in [1.807, 2.05) is 0 Å². The van der Waals surface area contributed by atoms with Crippen molar-refractivity contribution in [3.8, 4) is 6.07 Å². The molecule has 0 aliphatic heterocycles. The molecule has 1 saturated carbocycles. The first-order valence-corrected chi connectivity index (χ1v) is 6.47. The van der Waals surface area contributed by atoms with Crippen LogP contribution in [0.2, 0.25) is 0 Å². The molecule has 3 N–H and O–H groups in total. The molecule has 1 aliphatic rings. The molecule has 0 bridgehead atoms. The van der Waals surface area contributed by atoms with Crippen molar-refractivity contribution in [3.05, 3.63) is 45.2 Å². The van der Waals surface area contributed by atoms with Crippen molar-refractivity contribution < 1.29 is 4.79 Å². The second-order valence-electron chi connectivity index (χ2n) is 5.14. The predicted octanol–water partition coefficient (Wildman–Crippen LogP) is 1.30.